The van der Waals surface area contributed by atoms with Gasteiger partial charge in [-0.05, 0) is 25.2 Å². The Morgan fingerprint density at radius 3 is 2.88 bits per heavy atom. The number of nitrogens with zero attached hydrogens (tertiary/aromatic N) is 2. The van der Waals surface area contributed by atoms with Gasteiger partial charge in [0.25, 0.3) is 0 Å². The molecule has 1 aromatic rings. The van der Waals surface area contributed by atoms with Gasteiger partial charge in [0, 0.05) is 25.0 Å². The van der Waals surface area contributed by atoms with Crippen LogP contribution in [0.4, 0.5) is 5.95 Å². The van der Waals surface area contributed by atoms with Gasteiger partial charge >= 0.3 is 0 Å². The van der Waals surface area contributed by atoms with Gasteiger partial charge in [-0.3, -0.25) is 0 Å². The maximum atomic E-state index is 4.41. The predicted octanol–water partition coefficient (Wildman–Crippen LogP) is 3.46. The molecule has 0 aromatic carbocycles. The lowest BCUT2D eigenvalue weighted by atomic mass is 10.1. The van der Waals surface area contributed by atoms with Crippen molar-refractivity contribution in [3.05, 3.63) is 12.4 Å². The molecule has 90 valence electrons. The summed E-state index contributed by atoms with van der Waals surface area (Å²) in [5.41, 5.74) is 0. The fourth-order valence-electron chi connectivity index (χ4n) is 2.40. The molecule has 1 heterocycles. The molecule has 1 saturated carbocycles. The van der Waals surface area contributed by atoms with Crippen LogP contribution in [0.2, 0.25) is 0 Å². The van der Waals surface area contributed by atoms with Gasteiger partial charge in [-0.1, -0.05) is 26.7 Å². The van der Waals surface area contributed by atoms with Crippen molar-refractivity contribution in [2.75, 3.05) is 11.9 Å². The van der Waals surface area contributed by atoms with Gasteiger partial charge in [-0.15, -0.1) is 0 Å². The Morgan fingerprint density at radius 2 is 2.19 bits per heavy atom. The fourth-order valence-corrected chi connectivity index (χ4v) is 2.40. The maximum absolute atomic E-state index is 4.41. The molecule has 1 fully saturated rings. The van der Waals surface area contributed by atoms with Crippen molar-refractivity contribution >= 4 is 5.95 Å². The molecule has 1 N–H and O–H groups in total. The summed E-state index contributed by atoms with van der Waals surface area (Å²) in [6.07, 6.45) is 10.6. The van der Waals surface area contributed by atoms with E-state index >= 15 is 0 Å². The highest BCUT2D eigenvalue weighted by Gasteiger charge is 2.18. The summed E-state index contributed by atoms with van der Waals surface area (Å²) in [5, 5.41) is 3.45. The van der Waals surface area contributed by atoms with Crippen LogP contribution in [0.25, 0.3) is 0 Å². The molecule has 0 radical (unpaired) electrons. The highest BCUT2D eigenvalue weighted by molar-refractivity contribution is 5.26. The molecule has 3 heteroatoms. The van der Waals surface area contributed by atoms with Crippen LogP contribution in [-0.2, 0) is 0 Å². The monoisotopic (exact) mass is 221 g/mol. The fraction of sp³-hybridized carbons (Fsp3) is 0.769. The zero-order chi connectivity index (χ0) is 11.4. The van der Waals surface area contributed by atoms with Crippen LogP contribution < -0.4 is 5.32 Å². The summed E-state index contributed by atoms with van der Waals surface area (Å²) in [5.74, 6) is 1.81. The first-order valence-electron chi connectivity index (χ1n) is 6.54. The van der Waals surface area contributed by atoms with Crippen molar-refractivity contribution in [3.8, 4) is 0 Å². The molecule has 1 aliphatic carbocycles. The zero-order valence-corrected chi connectivity index (χ0v) is 10.4. The first kappa shape index (κ1) is 11.5. The van der Waals surface area contributed by atoms with E-state index in [-0.39, 0.29) is 0 Å². The smallest absolute Gasteiger partial charge is 0.203 e. The topological polar surface area (TPSA) is 29.9 Å². The number of aromatic nitrogens is 2. The second-order valence-electron chi connectivity index (χ2n) is 5.21. The highest BCUT2D eigenvalue weighted by atomic mass is 15.2. The van der Waals surface area contributed by atoms with Gasteiger partial charge in [-0.25, -0.2) is 4.98 Å². The first-order chi connectivity index (χ1) is 7.77. The first-order valence-corrected chi connectivity index (χ1v) is 6.54. The number of hydrogen-bond donors (Lipinski definition) is 1. The van der Waals surface area contributed by atoms with Gasteiger partial charge < -0.3 is 9.88 Å². The number of imidazole rings is 1. The van der Waals surface area contributed by atoms with Crippen LogP contribution in [0.3, 0.4) is 0 Å². The Hall–Kier alpha value is -0.990. The summed E-state index contributed by atoms with van der Waals surface area (Å²) < 4.78 is 2.33. The molecule has 3 nitrogen and oxygen atoms in total. The van der Waals surface area contributed by atoms with E-state index in [1.807, 2.05) is 6.20 Å². The molecule has 1 aliphatic rings. The third kappa shape index (κ3) is 2.77. The Balaban J connectivity index is 1.91. The average molecular weight is 221 g/mol. The van der Waals surface area contributed by atoms with Crippen molar-refractivity contribution in [3.63, 3.8) is 0 Å². The molecule has 2 rings (SSSR count). The van der Waals surface area contributed by atoms with E-state index in [0.717, 1.165) is 18.4 Å². The van der Waals surface area contributed by atoms with E-state index in [4.69, 9.17) is 0 Å². The third-order valence-electron chi connectivity index (χ3n) is 3.39. The summed E-state index contributed by atoms with van der Waals surface area (Å²) in [6, 6.07) is 0.684. The molecular formula is C13H23N3. The van der Waals surface area contributed by atoms with E-state index in [1.165, 1.54) is 32.1 Å². The minimum Gasteiger partial charge on any atom is -0.356 e. The number of hydrogen-bond acceptors (Lipinski definition) is 2. The van der Waals surface area contributed by atoms with Crippen molar-refractivity contribution < 1.29 is 0 Å². The molecule has 1 aromatic heterocycles. The second kappa shape index (κ2) is 5.37. The molecular weight excluding hydrogens is 198 g/mol. The highest BCUT2D eigenvalue weighted by Crippen LogP contribution is 2.31. The molecule has 0 spiro atoms. The number of anilines is 1. The minimum atomic E-state index is 0.684. The van der Waals surface area contributed by atoms with Gasteiger partial charge in [0.15, 0.2) is 0 Å². The van der Waals surface area contributed by atoms with Crippen LogP contribution in [-0.4, -0.2) is 16.1 Å². The van der Waals surface area contributed by atoms with E-state index in [2.05, 4.69) is 34.9 Å². The Morgan fingerprint density at radius 1 is 1.44 bits per heavy atom. The van der Waals surface area contributed by atoms with Crippen LogP contribution >= 0.6 is 0 Å². The van der Waals surface area contributed by atoms with Gasteiger partial charge in [0.2, 0.25) is 5.95 Å². The van der Waals surface area contributed by atoms with E-state index in [9.17, 15) is 0 Å². The van der Waals surface area contributed by atoms with E-state index in [1.54, 1.807) is 0 Å². The lowest BCUT2D eigenvalue weighted by Gasteiger charge is -2.16. The standard InChI is InChI=1S/C13H23N3/c1-11(2)7-8-14-13-15-9-10-16(13)12-5-3-4-6-12/h9-12H,3-8H2,1-2H3,(H,14,15). The molecule has 0 unspecified atom stereocenters. The van der Waals surface area contributed by atoms with Crippen LogP contribution in [0, 0.1) is 5.92 Å². The normalized spacial score (nSPS) is 17.2. The molecule has 16 heavy (non-hydrogen) atoms. The zero-order valence-electron chi connectivity index (χ0n) is 10.4. The van der Waals surface area contributed by atoms with Gasteiger partial charge in [0.1, 0.15) is 0 Å². The van der Waals surface area contributed by atoms with Crippen LogP contribution in [0.1, 0.15) is 52.0 Å². The minimum absolute atomic E-state index is 0.684. The second-order valence-corrected chi connectivity index (χ2v) is 5.21. The van der Waals surface area contributed by atoms with Crippen molar-refractivity contribution in [1.82, 2.24) is 9.55 Å². The Kier molecular flexibility index (Phi) is 3.86. The molecule has 0 atom stereocenters. The predicted molar refractivity (Wildman–Crippen MR) is 67.7 cm³/mol. The summed E-state index contributed by atoms with van der Waals surface area (Å²) in [6.45, 7) is 5.54. The lowest BCUT2D eigenvalue weighted by molar-refractivity contribution is 0.520. The number of rotatable bonds is 5. The maximum Gasteiger partial charge on any atom is 0.203 e. The SMILES string of the molecule is CC(C)CCNc1nccn1C1CCCC1. The quantitative estimate of drug-likeness (QED) is 0.825. The summed E-state index contributed by atoms with van der Waals surface area (Å²) in [4.78, 5) is 4.41. The largest absolute Gasteiger partial charge is 0.356 e. The molecule has 0 saturated heterocycles. The number of nitrogens with one attached hydrogen (secondary N) is 1. The van der Waals surface area contributed by atoms with Crippen molar-refractivity contribution in [2.24, 2.45) is 5.92 Å². The van der Waals surface area contributed by atoms with Gasteiger partial charge in [0.05, 0.1) is 0 Å². The summed E-state index contributed by atoms with van der Waals surface area (Å²) >= 11 is 0. The molecule has 0 aliphatic heterocycles. The van der Waals surface area contributed by atoms with E-state index < -0.39 is 0 Å². The third-order valence-corrected chi connectivity index (χ3v) is 3.39. The van der Waals surface area contributed by atoms with Crippen LogP contribution in [0.5, 0.6) is 0 Å². The van der Waals surface area contributed by atoms with Crippen LogP contribution in [0.15, 0.2) is 12.4 Å². The van der Waals surface area contributed by atoms with Gasteiger partial charge in [-0.2, -0.15) is 0 Å². The van der Waals surface area contributed by atoms with Crippen molar-refractivity contribution in [1.29, 1.82) is 0 Å². The lowest BCUT2D eigenvalue weighted by Crippen LogP contribution is -2.12. The molecule has 0 amide bonds. The molecule has 0 bridgehead atoms. The Bertz CT molecular complexity index is 311. The average Bonchev–Trinajstić information content (AvgIpc) is 2.84. The summed E-state index contributed by atoms with van der Waals surface area (Å²) in [7, 11) is 0. The van der Waals surface area contributed by atoms with Crippen molar-refractivity contribution in [2.45, 2.75) is 52.0 Å². The Labute approximate surface area is 98.3 Å². The van der Waals surface area contributed by atoms with E-state index in [0.29, 0.717) is 6.04 Å².